The minimum absolute atomic E-state index is 0.163. The Morgan fingerprint density at radius 2 is 2.09 bits per heavy atom. The van der Waals surface area contributed by atoms with Crippen LogP contribution in [-0.2, 0) is 17.1 Å². The van der Waals surface area contributed by atoms with Gasteiger partial charge in [0.25, 0.3) is 0 Å². The molecule has 3 heterocycles. The summed E-state index contributed by atoms with van der Waals surface area (Å²) in [6.45, 7) is 2.51. The summed E-state index contributed by atoms with van der Waals surface area (Å²) in [7, 11) is -1.26. The Kier molecular flexibility index (Phi) is 3.78. The number of hydrogen-bond donors (Lipinski definition) is 0. The van der Waals surface area contributed by atoms with Crippen LogP contribution in [0.4, 0.5) is 0 Å². The van der Waals surface area contributed by atoms with Gasteiger partial charge in [-0.2, -0.15) is 4.31 Å². The minimum Gasteiger partial charge on any atom is -0.330 e. The number of imidazole rings is 1. The topological polar surface area (TPSA) is 68.1 Å². The van der Waals surface area contributed by atoms with Crippen molar-refractivity contribution in [3.63, 3.8) is 0 Å². The molecule has 22 heavy (non-hydrogen) atoms. The minimum atomic E-state index is -3.21. The smallest absolute Gasteiger partial charge is 0.211 e. The van der Waals surface area contributed by atoms with Crippen molar-refractivity contribution in [2.75, 3.05) is 12.8 Å². The van der Waals surface area contributed by atoms with E-state index < -0.39 is 10.0 Å². The van der Waals surface area contributed by atoms with Crippen molar-refractivity contribution in [2.24, 2.45) is 7.05 Å². The molecule has 1 fully saturated rings. The second-order valence-electron chi connectivity index (χ2n) is 5.73. The highest BCUT2D eigenvalue weighted by molar-refractivity contribution is 7.88. The van der Waals surface area contributed by atoms with Crippen LogP contribution >= 0.6 is 0 Å². The molecule has 1 atom stereocenters. The van der Waals surface area contributed by atoms with Crippen molar-refractivity contribution in [1.82, 2.24) is 18.8 Å². The molecule has 2 aromatic heterocycles. The Labute approximate surface area is 130 Å². The molecule has 0 saturated carbocycles. The third-order valence-corrected chi connectivity index (χ3v) is 5.51. The Morgan fingerprint density at radius 1 is 1.32 bits per heavy atom. The highest BCUT2D eigenvalue weighted by Crippen LogP contribution is 2.33. The first-order valence-electron chi connectivity index (χ1n) is 7.30. The summed E-state index contributed by atoms with van der Waals surface area (Å²) in [4.78, 5) is 8.99. The standard InChI is InChI=1S/C15H20N4O2S/c1-11-16-10-15(18(11)2)13-7-4-6-12(17-13)14-8-5-9-19(14)22(3,20)21/h4,6-7,10,14H,5,8-9H2,1-3H3/t14-/m0/s1. The van der Waals surface area contributed by atoms with Crippen molar-refractivity contribution in [3.05, 3.63) is 35.9 Å². The van der Waals surface area contributed by atoms with Gasteiger partial charge in [-0.05, 0) is 31.9 Å². The molecule has 1 aliphatic rings. The lowest BCUT2D eigenvalue weighted by atomic mass is 10.1. The van der Waals surface area contributed by atoms with E-state index in [9.17, 15) is 8.42 Å². The molecule has 0 aliphatic carbocycles. The van der Waals surface area contributed by atoms with Gasteiger partial charge in [-0.25, -0.2) is 18.4 Å². The van der Waals surface area contributed by atoms with Crippen molar-refractivity contribution in [3.8, 4) is 11.4 Å². The monoisotopic (exact) mass is 320 g/mol. The third kappa shape index (κ3) is 2.66. The first kappa shape index (κ1) is 15.2. The van der Waals surface area contributed by atoms with Gasteiger partial charge in [-0.1, -0.05) is 6.07 Å². The molecule has 0 N–H and O–H groups in total. The van der Waals surface area contributed by atoms with Gasteiger partial charge in [-0.15, -0.1) is 0 Å². The predicted molar refractivity (Wildman–Crippen MR) is 84.7 cm³/mol. The fraction of sp³-hybridized carbons (Fsp3) is 0.467. The van der Waals surface area contributed by atoms with Gasteiger partial charge >= 0.3 is 0 Å². The SMILES string of the molecule is Cc1ncc(-c2cccc([C@@H]3CCCN3S(C)(=O)=O)n2)n1C. The summed E-state index contributed by atoms with van der Waals surface area (Å²) >= 11 is 0. The normalized spacial score (nSPS) is 19.7. The summed E-state index contributed by atoms with van der Waals surface area (Å²) in [5.74, 6) is 0.917. The number of pyridine rings is 1. The molecule has 0 unspecified atom stereocenters. The lowest BCUT2D eigenvalue weighted by Crippen LogP contribution is -2.29. The fourth-order valence-corrected chi connectivity index (χ4v) is 4.09. The van der Waals surface area contributed by atoms with E-state index in [0.29, 0.717) is 6.54 Å². The van der Waals surface area contributed by atoms with Crippen molar-refractivity contribution in [2.45, 2.75) is 25.8 Å². The summed E-state index contributed by atoms with van der Waals surface area (Å²) < 4.78 is 27.4. The van der Waals surface area contributed by atoms with E-state index in [1.54, 1.807) is 10.5 Å². The molecular weight excluding hydrogens is 300 g/mol. The second-order valence-corrected chi connectivity index (χ2v) is 7.66. The van der Waals surface area contributed by atoms with Crippen LogP contribution in [0.5, 0.6) is 0 Å². The third-order valence-electron chi connectivity index (χ3n) is 4.22. The maximum atomic E-state index is 11.9. The highest BCUT2D eigenvalue weighted by atomic mass is 32.2. The Balaban J connectivity index is 2.00. The summed E-state index contributed by atoms with van der Waals surface area (Å²) in [6.07, 6.45) is 4.74. The summed E-state index contributed by atoms with van der Waals surface area (Å²) in [5.41, 5.74) is 2.56. The van der Waals surface area contributed by atoms with E-state index in [2.05, 4.69) is 4.98 Å². The first-order valence-corrected chi connectivity index (χ1v) is 9.15. The van der Waals surface area contributed by atoms with Crippen LogP contribution < -0.4 is 0 Å². The summed E-state index contributed by atoms with van der Waals surface area (Å²) in [6, 6.07) is 5.60. The molecule has 6 nitrogen and oxygen atoms in total. The predicted octanol–water partition coefficient (Wildman–Crippen LogP) is 1.89. The van der Waals surface area contributed by atoms with Crippen LogP contribution in [0.15, 0.2) is 24.4 Å². The molecule has 0 amide bonds. The van der Waals surface area contributed by atoms with Crippen molar-refractivity contribution < 1.29 is 8.42 Å². The second kappa shape index (κ2) is 5.48. The quantitative estimate of drug-likeness (QED) is 0.866. The van der Waals surface area contributed by atoms with E-state index in [-0.39, 0.29) is 6.04 Å². The Hall–Kier alpha value is -1.73. The molecule has 3 rings (SSSR count). The van der Waals surface area contributed by atoms with Gasteiger partial charge in [0.1, 0.15) is 5.82 Å². The van der Waals surface area contributed by atoms with Crippen LogP contribution in [0.1, 0.15) is 30.4 Å². The van der Waals surface area contributed by atoms with Gasteiger partial charge in [0.05, 0.1) is 35.6 Å². The van der Waals surface area contributed by atoms with E-state index in [1.807, 2.05) is 36.7 Å². The molecule has 118 valence electrons. The van der Waals surface area contributed by atoms with E-state index >= 15 is 0 Å². The number of nitrogens with zero attached hydrogens (tertiary/aromatic N) is 4. The number of hydrogen-bond acceptors (Lipinski definition) is 4. The fourth-order valence-electron chi connectivity index (χ4n) is 2.95. The number of rotatable bonds is 3. The number of aromatic nitrogens is 3. The van der Waals surface area contributed by atoms with Gasteiger partial charge < -0.3 is 4.57 Å². The summed E-state index contributed by atoms with van der Waals surface area (Å²) in [5, 5.41) is 0. The van der Waals surface area contributed by atoms with Crippen LogP contribution in [0, 0.1) is 6.92 Å². The Bertz CT molecular complexity index is 798. The highest BCUT2D eigenvalue weighted by Gasteiger charge is 2.33. The van der Waals surface area contributed by atoms with Gasteiger partial charge in [0.15, 0.2) is 0 Å². The van der Waals surface area contributed by atoms with E-state index in [0.717, 1.165) is 35.7 Å². The van der Waals surface area contributed by atoms with Crippen LogP contribution in [0.3, 0.4) is 0 Å². The maximum absolute atomic E-state index is 11.9. The number of sulfonamides is 1. The number of aryl methyl sites for hydroxylation is 1. The lowest BCUT2D eigenvalue weighted by molar-refractivity contribution is 0.394. The largest absolute Gasteiger partial charge is 0.330 e. The molecule has 2 aromatic rings. The first-order chi connectivity index (χ1) is 10.4. The van der Waals surface area contributed by atoms with Crippen molar-refractivity contribution >= 4 is 10.0 Å². The van der Waals surface area contributed by atoms with Crippen molar-refractivity contribution in [1.29, 1.82) is 0 Å². The molecule has 1 aliphatic heterocycles. The van der Waals surface area contributed by atoms with Gasteiger partial charge in [0.2, 0.25) is 10.0 Å². The van der Waals surface area contributed by atoms with Crippen LogP contribution in [-0.4, -0.2) is 40.1 Å². The zero-order chi connectivity index (χ0) is 15.9. The maximum Gasteiger partial charge on any atom is 0.211 e. The zero-order valence-corrected chi connectivity index (χ0v) is 13.8. The molecule has 0 bridgehead atoms. The lowest BCUT2D eigenvalue weighted by Gasteiger charge is -2.22. The van der Waals surface area contributed by atoms with Gasteiger partial charge in [0, 0.05) is 13.6 Å². The van der Waals surface area contributed by atoms with Crippen LogP contribution in [0.2, 0.25) is 0 Å². The Morgan fingerprint density at radius 3 is 2.73 bits per heavy atom. The molecule has 0 radical (unpaired) electrons. The van der Waals surface area contributed by atoms with Crippen LogP contribution in [0.25, 0.3) is 11.4 Å². The van der Waals surface area contributed by atoms with E-state index in [1.165, 1.54) is 6.26 Å². The molecule has 0 aromatic carbocycles. The molecular formula is C15H20N4O2S. The average molecular weight is 320 g/mol. The van der Waals surface area contributed by atoms with E-state index in [4.69, 9.17) is 4.98 Å². The molecule has 1 saturated heterocycles. The van der Waals surface area contributed by atoms with Gasteiger partial charge in [-0.3, -0.25) is 0 Å². The molecule has 0 spiro atoms. The molecule has 7 heteroatoms. The average Bonchev–Trinajstić information content (AvgIpc) is 3.07. The zero-order valence-electron chi connectivity index (χ0n) is 13.0.